The maximum atomic E-state index is 13.3. The lowest BCUT2D eigenvalue weighted by Crippen LogP contribution is -2.49. The van der Waals surface area contributed by atoms with Gasteiger partial charge < -0.3 is 19.7 Å². The van der Waals surface area contributed by atoms with Gasteiger partial charge in [0, 0.05) is 26.8 Å². The van der Waals surface area contributed by atoms with E-state index >= 15 is 0 Å². The molecule has 2 aliphatic rings. The minimum atomic E-state index is -1.17. The van der Waals surface area contributed by atoms with Crippen molar-refractivity contribution in [2.45, 2.75) is 95.9 Å². The quantitative estimate of drug-likeness (QED) is 0.387. The molecule has 0 aliphatic heterocycles. The van der Waals surface area contributed by atoms with Gasteiger partial charge in [-0.25, -0.2) is 9.97 Å². The lowest BCUT2D eigenvalue weighted by Gasteiger charge is -2.31. The number of aromatic nitrogens is 3. The van der Waals surface area contributed by atoms with Gasteiger partial charge in [0.1, 0.15) is 12.2 Å². The maximum absolute atomic E-state index is 13.3. The number of fused-ring (bicyclic) bond motifs is 1. The van der Waals surface area contributed by atoms with Gasteiger partial charge in [-0.05, 0) is 45.1 Å². The Morgan fingerprint density at radius 1 is 1.34 bits per heavy atom. The van der Waals surface area contributed by atoms with Crippen molar-refractivity contribution in [3.63, 3.8) is 0 Å². The van der Waals surface area contributed by atoms with E-state index < -0.39 is 13.7 Å². The third-order valence-corrected chi connectivity index (χ3v) is 8.43. The summed E-state index contributed by atoms with van der Waals surface area (Å²) in [7, 11) is -1.17. The highest BCUT2D eigenvalue weighted by atomic mass is 28.3. The summed E-state index contributed by atoms with van der Waals surface area (Å²) in [6.07, 6.45) is 8.94. The molecule has 1 amide bonds. The number of carbonyl (C=O) groups excluding carboxylic acids is 1. The normalized spacial score (nSPS) is 19.7. The molecule has 2 aliphatic carbocycles. The van der Waals surface area contributed by atoms with Crippen LogP contribution in [-0.4, -0.2) is 51.9 Å². The van der Waals surface area contributed by atoms with Crippen molar-refractivity contribution in [2.24, 2.45) is 5.92 Å². The Morgan fingerprint density at radius 3 is 2.69 bits per heavy atom. The van der Waals surface area contributed by atoms with E-state index in [-0.39, 0.29) is 11.9 Å². The largest absolute Gasteiger partial charge is 0.388 e. The number of nitrogens with zero attached hydrogens (tertiary/aromatic N) is 3. The first-order valence-corrected chi connectivity index (χ1v) is 15.7. The Balaban J connectivity index is 1.53. The number of hydrogen-bond donors (Lipinski definition) is 2. The van der Waals surface area contributed by atoms with Gasteiger partial charge in [-0.15, -0.1) is 0 Å². The monoisotopic (exact) mass is 458 g/mol. The molecule has 2 atom stereocenters. The van der Waals surface area contributed by atoms with Crippen LogP contribution in [0.4, 0.5) is 0 Å². The Hall–Kier alpha value is -1.77. The molecular weight excluding hydrogens is 420 g/mol. The van der Waals surface area contributed by atoms with E-state index in [0.29, 0.717) is 48.3 Å². The molecule has 0 aromatic carbocycles. The summed E-state index contributed by atoms with van der Waals surface area (Å²) in [6.45, 7) is 11.7. The summed E-state index contributed by atoms with van der Waals surface area (Å²) in [5, 5.41) is 13.9. The zero-order valence-electron chi connectivity index (χ0n) is 20.1. The number of aliphatic hydroxyl groups is 1. The van der Waals surface area contributed by atoms with E-state index in [9.17, 15) is 9.90 Å². The summed E-state index contributed by atoms with van der Waals surface area (Å²) in [4.78, 5) is 22.7. The number of carbonyl (C=O) groups is 1. The summed E-state index contributed by atoms with van der Waals surface area (Å²) in [5.41, 5.74) is 1.82. The summed E-state index contributed by atoms with van der Waals surface area (Å²) in [5.74, 6) is 0.811. The van der Waals surface area contributed by atoms with Gasteiger partial charge >= 0.3 is 0 Å². The van der Waals surface area contributed by atoms with Crippen LogP contribution in [0.5, 0.6) is 0 Å². The molecule has 2 aromatic heterocycles. The van der Waals surface area contributed by atoms with Gasteiger partial charge in [0.05, 0.1) is 29.1 Å². The summed E-state index contributed by atoms with van der Waals surface area (Å²) < 4.78 is 7.81. The van der Waals surface area contributed by atoms with Gasteiger partial charge in [-0.1, -0.05) is 32.5 Å². The second-order valence-corrected chi connectivity index (χ2v) is 16.9. The maximum Gasteiger partial charge on any atom is 0.255 e. The van der Waals surface area contributed by atoms with Gasteiger partial charge in [-0.3, -0.25) is 4.79 Å². The molecule has 0 spiro atoms. The van der Waals surface area contributed by atoms with Crippen molar-refractivity contribution in [3.8, 4) is 0 Å². The number of ether oxygens (including phenoxy) is 1. The second-order valence-electron chi connectivity index (χ2n) is 11.3. The average Bonchev–Trinajstić information content (AvgIpc) is 3.63. The molecule has 0 unspecified atom stereocenters. The molecule has 2 saturated carbocycles. The van der Waals surface area contributed by atoms with E-state index in [1.165, 1.54) is 12.8 Å². The lowest BCUT2D eigenvalue weighted by molar-refractivity contribution is 0.0122. The van der Waals surface area contributed by atoms with Crippen LogP contribution in [0.3, 0.4) is 0 Å². The number of amides is 1. The number of rotatable bonds is 11. The molecule has 0 saturated heterocycles. The minimum absolute atomic E-state index is 0.221. The highest BCUT2D eigenvalue weighted by Gasteiger charge is 2.37. The molecular formula is C24H38N4O3Si. The van der Waals surface area contributed by atoms with Crippen molar-refractivity contribution in [1.82, 2.24) is 19.9 Å². The van der Waals surface area contributed by atoms with Crippen LogP contribution in [0.15, 0.2) is 12.4 Å². The Labute approximate surface area is 192 Å². The fraction of sp³-hybridized carbons (Fsp3) is 0.708. The molecule has 2 aromatic rings. The van der Waals surface area contributed by atoms with Crippen LogP contribution >= 0.6 is 0 Å². The van der Waals surface area contributed by atoms with E-state index in [2.05, 4.69) is 29.9 Å². The molecule has 32 heavy (non-hydrogen) atoms. The third kappa shape index (κ3) is 5.77. The molecule has 176 valence electrons. The van der Waals surface area contributed by atoms with Crippen molar-refractivity contribution in [3.05, 3.63) is 23.7 Å². The average molecular weight is 459 g/mol. The first-order chi connectivity index (χ1) is 15.0. The van der Waals surface area contributed by atoms with Crippen molar-refractivity contribution < 1.29 is 14.6 Å². The first-order valence-electron chi connectivity index (χ1n) is 12.0. The molecule has 7 nitrogen and oxygen atoms in total. The predicted octanol–water partition coefficient (Wildman–Crippen LogP) is 4.29. The summed E-state index contributed by atoms with van der Waals surface area (Å²) in [6, 6.07) is 0.728. The SMILES string of the molecule is C[C@H](NC(=O)c1cn(COCC[Si](C)(C)C)c2ncc(C3CC3)nc12)[C@@](C)(O)CC1CC1. The van der Waals surface area contributed by atoms with E-state index in [0.717, 1.165) is 24.6 Å². The summed E-state index contributed by atoms with van der Waals surface area (Å²) >= 11 is 0. The van der Waals surface area contributed by atoms with Crippen molar-refractivity contribution in [2.75, 3.05) is 6.61 Å². The van der Waals surface area contributed by atoms with Crippen LogP contribution in [0, 0.1) is 5.92 Å². The van der Waals surface area contributed by atoms with Crippen LogP contribution in [0.1, 0.15) is 67.9 Å². The van der Waals surface area contributed by atoms with E-state index in [1.54, 1.807) is 6.20 Å². The first kappa shape index (κ1) is 23.4. The third-order valence-electron chi connectivity index (χ3n) is 6.73. The van der Waals surface area contributed by atoms with Crippen LogP contribution in [0.2, 0.25) is 25.7 Å². The van der Waals surface area contributed by atoms with Crippen molar-refractivity contribution in [1.29, 1.82) is 0 Å². The van der Waals surface area contributed by atoms with Crippen LogP contribution in [0.25, 0.3) is 11.2 Å². The topological polar surface area (TPSA) is 89.3 Å². The van der Waals surface area contributed by atoms with Crippen LogP contribution < -0.4 is 5.32 Å². The van der Waals surface area contributed by atoms with Gasteiger partial charge in [0.2, 0.25) is 0 Å². The standard InChI is InChI=1S/C24H38N4O3Si/c1-16(24(2,30)12-17-6-7-17)26-23(29)19-14-28(15-31-10-11-32(3,4)5)22-21(19)27-20(13-25-22)18-8-9-18/h13-14,16-18,30H,6-12,15H2,1-5H3,(H,26,29)/t16-,24-/m0/s1. The van der Waals surface area contributed by atoms with Gasteiger partial charge in [-0.2, -0.15) is 0 Å². The van der Waals surface area contributed by atoms with Gasteiger partial charge in [0.25, 0.3) is 5.91 Å². The second kappa shape index (κ2) is 8.87. The molecule has 2 fully saturated rings. The Kier molecular flexibility index (Phi) is 6.49. The molecule has 0 radical (unpaired) electrons. The van der Waals surface area contributed by atoms with Gasteiger partial charge in [0.15, 0.2) is 5.65 Å². The molecule has 8 heteroatoms. The minimum Gasteiger partial charge on any atom is -0.388 e. The van der Waals surface area contributed by atoms with E-state index in [4.69, 9.17) is 9.72 Å². The molecule has 2 heterocycles. The Bertz CT molecular complexity index is 974. The fourth-order valence-electron chi connectivity index (χ4n) is 3.96. The molecule has 2 N–H and O–H groups in total. The zero-order chi connectivity index (χ0) is 23.1. The zero-order valence-corrected chi connectivity index (χ0v) is 21.1. The van der Waals surface area contributed by atoms with E-state index in [1.807, 2.05) is 24.6 Å². The lowest BCUT2D eigenvalue weighted by atomic mass is 9.91. The Morgan fingerprint density at radius 2 is 2.06 bits per heavy atom. The highest BCUT2D eigenvalue weighted by Crippen LogP contribution is 2.39. The fourth-order valence-corrected chi connectivity index (χ4v) is 4.72. The number of hydrogen-bond acceptors (Lipinski definition) is 5. The highest BCUT2D eigenvalue weighted by molar-refractivity contribution is 6.76. The molecule has 4 rings (SSSR count). The number of nitrogens with one attached hydrogen (secondary N) is 1. The van der Waals surface area contributed by atoms with Crippen LogP contribution in [-0.2, 0) is 11.5 Å². The smallest absolute Gasteiger partial charge is 0.255 e. The predicted molar refractivity (Wildman–Crippen MR) is 129 cm³/mol. The molecule has 0 bridgehead atoms. The van der Waals surface area contributed by atoms with Crippen molar-refractivity contribution >= 4 is 25.1 Å².